The van der Waals surface area contributed by atoms with Crippen LogP contribution in [-0.2, 0) is 9.59 Å². The first-order chi connectivity index (χ1) is 7.51. The average molecular weight is 223 g/mol. The van der Waals surface area contributed by atoms with Gasteiger partial charge >= 0.3 is 0 Å². The van der Waals surface area contributed by atoms with Crippen molar-refractivity contribution in [1.29, 1.82) is 0 Å². The Morgan fingerprint density at radius 1 is 1.38 bits per heavy atom. The highest BCUT2D eigenvalue weighted by Gasteiger charge is 2.41. The van der Waals surface area contributed by atoms with E-state index in [4.69, 9.17) is 0 Å². The predicted octanol–water partition coefficient (Wildman–Crippen LogP) is 0.0671. The maximum absolute atomic E-state index is 11.7. The Bertz CT molecular complexity index is 354. The van der Waals surface area contributed by atoms with Gasteiger partial charge in [0, 0.05) is 12.5 Å². The molecule has 2 aliphatic heterocycles. The largest absolute Gasteiger partial charge is 0.316 e. The van der Waals surface area contributed by atoms with Gasteiger partial charge in [-0.3, -0.25) is 9.59 Å². The summed E-state index contributed by atoms with van der Waals surface area (Å²) in [5.41, 5.74) is -1.02. The Morgan fingerprint density at radius 2 is 2.12 bits per heavy atom. The SMILES string of the molecule is CC1(C)C(=O)N=C(C2CCCNC2)NC1=O. The molecule has 2 heterocycles. The van der Waals surface area contributed by atoms with E-state index in [1.807, 2.05) is 0 Å². The fourth-order valence-electron chi connectivity index (χ4n) is 1.93. The number of piperidine rings is 1. The fourth-order valence-corrected chi connectivity index (χ4v) is 1.93. The topological polar surface area (TPSA) is 70.6 Å². The van der Waals surface area contributed by atoms with Gasteiger partial charge in [0.2, 0.25) is 5.91 Å². The van der Waals surface area contributed by atoms with Crippen LogP contribution in [0.15, 0.2) is 4.99 Å². The van der Waals surface area contributed by atoms with E-state index in [-0.39, 0.29) is 17.7 Å². The van der Waals surface area contributed by atoms with E-state index in [1.165, 1.54) is 0 Å². The van der Waals surface area contributed by atoms with Crippen molar-refractivity contribution in [3.8, 4) is 0 Å². The van der Waals surface area contributed by atoms with Crippen LogP contribution in [0.4, 0.5) is 0 Å². The molecule has 5 heteroatoms. The molecule has 16 heavy (non-hydrogen) atoms. The summed E-state index contributed by atoms with van der Waals surface area (Å²) in [4.78, 5) is 27.5. The van der Waals surface area contributed by atoms with Gasteiger partial charge in [-0.25, -0.2) is 0 Å². The first-order valence-corrected chi connectivity index (χ1v) is 5.67. The summed E-state index contributed by atoms with van der Waals surface area (Å²) in [5, 5.41) is 6.00. The van der Waals surface area contributed by atoms with Crippen LogP contribution >= 0.6 is 0 Å². The molecule has 0 aromatic heterocycles. The Labute approximate surface area is 94.7 Å². The van der Waals surface area contributed by atoms with Gasteiger partial charge in [0.15, 0.2) is 0 Å². The maximum Gasteiger partial charge on any atom is 0.262 e. The molecule has 88 valence electrons. The van der Waals surface area contributed by atoms with E-state index in [9.17, 15) is 9.59 Å². The van der Waals surface area contributed by atoms with Gasteiger partial charge in [0.05, 0.1) is 0 Å². The van der Waals surface area contributed by atoms with Crippen LogP contribution in [0, 0.1) is 11.3 Å². The first-order valence-electron chi connectivity index (χ1n) is 5.67. The highest BCUT2D eigenvalue weighted by atomic mass is 16.2. The second kappa shape index (κ2) is 3.97. The average Bonchev–Trinajstić information content (AvgIpc) is 2.27. The summed E-state index contributed by atoms with van der Waals surface area (Å²) >= 11 is 0. The third-order valence-corrected chi connectivity index (χ3v) is 3.25. The molecule has 2 rings (SSSR count). The number of rotatable bonds is 1. The van der Waals surface area contributed by atoms with Crippen molar-refractivity contribution in [2.75, 3.05) is 13.1 Å². The van der Waals surface area contributed by atoms with Gasteiger partial charge in [-0.05, 0) is 33.2 Å². The van der Waals surface area contributed by atoms with E-state index in [0.29, 0.717) is 5.84 Å². The van der Waals surface area contributed by atoms with Crippen LogP contribution in [-0.4, -0.2) is 30.7 Å². The molecule has 2 aliphatic rings. The summed E-state index contributed by atoms with van der Waals surface area (Å²) in [6, 6.07) is 0. The van der Waals surface area contributed by atoms with Crippen molar-refractivity contribution in [3.63, 3.8) is 0 Å². The molecule has 2 N–H and O–H groups in total. The van der Waals surface area contributed by atoms with E-state index in [2.05, 4.69) is 15.6 Å². The van der Waals surface area contributed by atoms with Crippen LogP contribution < -0.4 is 10.6 Å². The maximum atomic E-state index is 11.7. The highest BCUT2D eigenvalue weighted by molar-refractivity contribution is 6.18. The molecular weight excluding hydrogens is 206 g/mol. The molecular formula is C11H17N3O2. The molecule has 0 saturated carbocycles. The minimum absolute atomic E-state index is 0.165. The van der Waals surface area contributed by atoms with E-state index < -0.39 is 5.41 Å². The van der Waals surface area contributed by atoms with Crippen molar-refractivity contribution in [1.82, 2.24) is 10.6 Å². The van der Waals surface area contributed by atoms with E-state index >= 15 is 0 Å². The fraction of sp³-hybridized carbons (Fsp3) is 0.727. The molecule has 1 saturated heterocycles. The van der Waals surface area contributed by atoms with Crippen molar-refractivity contribution < 1.29 is 9.59 Å². The second-order valence-corrected chi connectivity index (χ2v) is 4.92. The highest BCUT2D eigenvalue weighted by Crippen LogP contribution is 2.23. The van der Waals surface area contributed by atoms with Gasteiger partial charge in [0.25, 0.3) is 5.91 Å². The molecule has 0 aliphatic carbocycles. The number of amides is 2. The molecule has 2 amide bonds. The quantitative estimate of drug-likeness (QED) is 0.618. The van der Waals surface area contributed by atoms with E-state index in [1.54, 1.807) is 13.8 Å². The normalized spacial score (nSPS) is 29.6. The molecule has 1 fully saturated rings. The van der Waals surface area contributed by atoms with Crippen LogP contribution in [0.3, 0.4) is 0 Å². The van der Waals surface area contributed by atoms with Gasteiger partial charge in [-0.2, -0.15) is 4.99 Å². The number of carbonyl (C=O) groups excluding carboxylic acids is 2. The molecule has 1 atom stereocenters. The zero-order valence-corrected chi connectivity index (χ0v) is 9.67. The van der Waals surface area contributed by atoms with Crippen LogP contribution in [0.25, 0.3) is 0 Å². The number of carbonyl (C=O) groups is 2. The lowest BCUT2D eigenvalue weighted by Gasteiger charge is -2.30. The first kappa shape index (κ1) is 11.3. The smallest absolute Gasteiger partial charge is 0.262 e. The van der Waals surface area contributed by atoms with Crippen molar-refractivity contribution in [3.05, 3.63) is 0 Å². The third kappa shape index (κ3) is 1.87. The number of amidine groups is 1. The number of nitrogens with zero attached hydrogens (tertiary/aromatic N) is 1. The standard InChI is InChI=1S/C11H17N3O2/c1-11(2)9(15)13-8(14-10(11)16)7-4-3-5-12-6-7/h7,12H,3-6H2,1-2H3,(H,13,14,15,16). The summed E-state index contributed by atoms with van der Waals surface area (Å²) in [7, 11) is 0. The Kier molecular flexibility index (Phi) is 2.80. The lowest BCUT2D eigenvalue weighted by molar-refractivity contribution is -0.139. The number of aliphatic imine (C=N–C) groups is 1. The zero-order valence-electron chi connectivity index (χ0n) is 9.67. The van der Waals surface area contributed by atoms with Crippen molar-refractivity contribution >= 4 is 17.6 Å². The number of hydrogen-bond acceptors (Lipinski definition) is 3. The molecule has 0 radical (unpaired) electrons. The van der Waals surface area contributed by atoms with Crippen LogP contribution in [0.1, 0.15) is 26.7 Å². The van der Waals surface area contributed by atoms with E-state index in [0.717, 1.165) is 25.9 Å². The predicted molar refractivity (Wildman–Crippen MR) is 60.0 cm³/mol. The number of hydrogen-bond donors (Lipinski definition) is 2. The van der Waals surface area contributed by atoms with Crippen LogP contribution in [0.5, 0.6) is 0 Å². The summed E-state index contributed by atoms with van der Waals surface area (Å²) in [6.07, 6.45) is 2.02. The van der Waals surface area contributed by atoms with Gasteiger partial charge in [0.1, 0.15) is 11.3 Å². The Balaban J connectivity index is 2.18. The van der Waals surface area contributed by atoms with Crippen molar-refractivity contribution in [2.45, 2.75) is 26.7 Å². The molecule has 0 aromatic rings. The van der Waals surface area contributed by atoms with Gasteiger partial charge < -0.3 is 10.6 Å². The van der Waals surface area contributed by atoms with Crippen molar-refractivity contribution in [2.24, 2.45) is 16.3 Å². The molecule has 0 aromatic carbocycles. The Hall–Kier alpha value is -1.23. The lowest BCUT2D eigenvalue weighted by Crippen LogP contribution is -2.53. The third-order valence-electron chi connectivity index (χ3n) is 3.25. The summed E-state index contributed by atoms with van der Waals surface area (Å²) in [5.74, 6) is 0.129. The Morgan fingerprint density at radius 3 is 2.69 bits per heavy atom. The monoisotopic (exact) mass is 223 g/mol. The van der Waals surface area contributed by atoms with Gasteiger partial charge in [-0.15, -0.1) is 0 Å². The number of nitrogens with one attached hydrogen (secondary N) is 2. The summed E-state index contributed by atoms with van der Waals surface area (Å²) in [6.45, 7) is 4.98. The molecule has 0 bridgehead atoms. The van der Waals surface area contributed by atoms with Gasteiger partial charge in [-0.1, -0.05) is 0 Å². The summed E-state index contributed by atoms with van der Waals surface area (Å²) < 4.78 is 0. The molecule has 5 nitrogen and oxygen atoms in total. The lowest BCUT2D eigenvalue weighted by atomic mass is 9.88. The van der Waals surface area contributed by atoms with Crippen LogP contribution in [0.2, 0.25) is 0 Å². The minimum Gasteiger partial charge on any atom is -0.316 e. The molecule has 1 unspecified atom stereocenters. The zero-order chi connectivity index (χ0) is 11.8. The minimum atomic E-state index is -1.02. The molecule has 0 spiro atoms. The second-order valence-electron chi connectivity index (χ2n) is 4.92.